The lowest BCUT2D eigenvalue weighted by Crippen LogP contribution is -2.35. The lowest BCUT2D eigenvalue weighted by Gasteiger charge is -2.28. The number of rotatable bonds is 3. The van der Waals surface area contributed by atoms with Crippen LogP contribution in [0.4, 0.5) is 0 Å². The molecule has 2 aliphatic rings. The van der Waals surface area contributed by atoms with Gasteiger partial charge in [0.2, 0.25) is 6.79 Å². The van der Waals surface area contributed by atoms with Crippen LogP contribution in [0, 0.1) is 5.92 Å². The molecule has 0 bridgehead atoms. The van der Waals surface area contributed by atoms with Crippen LogP contribution >= 0.6 is 0 Å². The molecule has 1 aromatic carbocycles. The van der Waals surface area contributed by atoms with Gasteiger partial charge in [0.1, 0.15) is 5.82 Å². The largest absolute Gasteiger partial charge is 0.454 e. The van der Waals surface area contributed by atoms with Crippen LogP contribution in [-0.2, 0) is 13.0 Å². The second-order valence-corrected chi connectivity index (χ2v) is 6.15. The van der Waals surface area contributed by atoms with Crippen molar-refractivity contribution in [2.75, 3.05) is 20.4 Å². The standard InChI is InChI=1S/C17H19N3O3/c1-19(10-12-4-6-20-7-5-18-16(20)8-12)17(21)13-2-3-14-15(9-13)23-11-22-14/h2-3,5,7,9,12H,4,6,8,10-11H2,1H3/t12-/m1/s1. The third kappa shape index (κ3) is 2.65. The van der Waals surface area contributed by atoms with Crippen LogP contribution in [0.1, 0.15) is 22.6 Å². The predicted molar refractivity (Wildman–Crippen MR) is 83.6 cm³/mol. The maximum absolute atomic E-state index is 12.6. The number of nitrogens with zero attached hydrogens (tertiary/aromatic N) is 3. The first-order valence-electron chi connectivity index (χ1n) is 7.86. The Kier molecular flexibility index (Phi) is 3.44. The van der Waals surface area contributed by atoms with Crippen LogP contribution in [0.3, 0.4) is 0 Å². The molecule has 0 spiro atoms. The lowest BCUT2D eigenvalue weighted by molar-refractivity contribution is 0.0763. The topological polar surface area (TPSA) is 56.6 Å². The van der Waals surface area contributed by atoms with E-state index in [1.807, 2.05) is 19.4 Å². The van der Waals surface area contributed by atoms with E-state index < -0.39 is 0 Å². The third-order valence-corrected chi connectivity index (χ3v) is 4.55. The van der Waals surface area contributed by atoms with Crippen LogP contribution in [-0.4, -0.2) is 40.7 Å². The highest BCUT2D eigenvalue weighted by atomic mass is 16.7. The summed E-state index contributed by atoms with van der Waals surface area (Å²) in [6.45, 7) is 1.93. The normalized spacial score (nSPS) is 18.6. The monoisotopic (exact) mass is 313 g/mol. The molecule has 2 aliphatic heterocycles. The van der Waals surface area contributed by atoms with E-state index in [9.17, 15) is 4.79 Å². The Balaban J connectivity index is 1.43. The first-order chi connectivity index (χ1) is 11.2. The Morgan fingerprint density at radius 2 is 2.26 bits per heavy atom. The van der Waals surface area contributed by atoms with Crippen molar-refractivity contribution < 1.29 is 14.3 Å². The van der Waals surface area contributed by atoms with Crippen molar-refractivity contribution in [3.05, 3.63) is 42.0 Å². The fourth-order valence-corrected chi connectivity index (χ4v) is 3.29. The summed E-state index contributed by atoms with van der Waals surface area (Å²) < 4.78 is 12.8. The Hall–Kier alpha value is -2.50. The van der Waals surface area contributed by atoms with Gasteiger partial charge in [-0.05, 0) is 30.5 Å². The molecule has 1 amide bonds. The zero-order valence-electron chi connectivity index (χ0n) is 13.1. The van der Waals surface area contributed by atoms with Gasteiger partial charge >= 0.3 is 0 Å². The minimum Gasteiger partial charge on any atom is -0.454 e. The van der Waals surface area contributed by atoms with Gasteiger partial charge in [-0.1, -0.05) is 0 Å². The number of hydrogen-bond donors (Lipinski definition) is 0. The molecule has 0 N–H and O–H groups in total. The van der Waals surface area contributed by atoms with Crippen LogP contribution in [0.5, 0.6) is 11.5 Å². The van der Waals surface area contributed by atoms with E-state index in [4.69, 9.17) is 9.47 Å². The number of aromatic nitrogens is 2. The predicted octanol–water partition coefficient (Wildman–Crippen LogP) is 1.95. The van der Waals surface area contributed by atoms with E-state index in [1.54, 1.807) is 23.1 Å². The van der Waals surface area contributed by atoms with Crippen molar-refractivity contribution >= 4 is 5.91 Å². The Bertz CT molecular complexity index is 740. The molecule has 1 atom stereocenters. The van der Waals surface area contributed by atoms with Gasteiger partial charge < -0.3 is 18.9 Å². The molecule has 0 radical (unpaired) electrons. The molecule has 2 aromatic rings. The summed E-state index contributed by atoms with van der Waals surface area (Å²) in [5.41, 5.74) is 0.633. The molecule has 0 fully saturated rings. The van der Waals surface area contributed by atoms with Gasteiger partial charge in [-0.25, -0.2) is 4.98 Å². The van der Waals surface area contributed by atoms with Gasteiger partial charge in [0.05, 0.1) is 0 Å². The summed E-state index contributed by atoms with van der Waals surface area (Å²) in [4.78, 5) is 18.8. The van der Waals surface area contributed by atoms with Crippen LogP contribution in [0.25, 0.3) is 0 Å². The fourth-order valence-electron chi connectivity index (χ4n) is 3.29. The number of fused-ring (bicyclic) bond motifs is 2. The SMILES string of the molecule is CN(C[C@@H]1CCn2ccnc2C1)C(=O)c1ccc2c(c1)OCO2. The minimum absolute atomic E-state index is 0.0113. The average Bonchev–Trinajstić information content (AvgIpc) is 3.21. The van der Waals surface area contributed by atoms with Crippen molar-refractivity contribution in [3.8, 4) is 11.5 Å². The maximum atomic E-state index is 12.6. The van der Waals surface area contributed by atoms with Gasteiger partial charge in [0.15, 0.2) is 11.5 Å². The molecule has 0 aliphatic carbocycles. The van der Waals surface area contributed by atoms with E-state index in [1.165, 1.54) is 0 Å². The summed E-state index contributed by atoms with van der Waals surface area (Å²) in [5, 5.41) is 0. The second-order valence-electron chi connectivity index (χ2n) is 6.15. The Morgan fingerprint density at radius 1 is 1.39 bits per heavy atom. The van der Waals surface area contributed by atoms with Gasteiger partial charge in [-0.2, -0.15) is 0 Å². The van der Waals surface area contributed by atoms with Crippen molar-refractivity contribution in [2.24, 2.45) is 5.92 Å². The van der Waals surface area contributed by atoms with Crippen LogP contribution in [0.2, 0.25) is 0 Å². The number of benzene rings is 1. The zero-order valence-corrected chi connectivity index (χ0v) is 13.1. The molecule has 0 unspecified atom stereocenters. The number of carbonyl (C=O) groups excluding carboxylic acids is 1. The van der Waals surface area contributed by atoms with Crippen molar-refractivity contribution in [1.29, 1.82) is 0 Å². The van der Waals surface area contributed by atoms with E-state index in [-0.39, 0.29) is 12.7 Å². The highest BCUT2D eigenvalue weighted by Gasteiger charge is 2.24. The van der Waals surface area contributed by atoms with Crippen LogP contribution in [0.15, 0.2) is 30.6 Å². The molecule has 6 nitrogen and oxygen atoms in total. The molecule has 3 heterocycles. The molecule has 23 heavy (non-hydrogen) atoms. The molecular weight excluding hydrogens is 294 g/mol. The fraction of sp³-hybridized carbons (Fsp3) is 0.412. The maximum Gasteiger partial charge on any atom is 0.253 e. The van der Waals surface area contributed by atoms with Crippen molar-refractivity contribution in [3.63, 3.8) is 0 Å². The Morgan fingerprint density at radius 3 is 3.17 bits per heavy atom. The zero-order chi connectivity index (χ0) is 15.8. The second kappa shape index (κ2) is 5.61. The van der Waals surface area contributed by atoms with E-state index in [0.29, 0.717) is 23.0 Å². The minimum atomic E-state index is 0.0113. The van der Waals surface area contributed by atoms with Crippen molar-refractivity contribution in [2.45, 2.75) is 19.4 Å². The van der Waals surface area contributed by atoms with E-state index in [0.717, 1.165) is 31.8 Å². The van der Waals surface area contributed by atoms with Gasteiger partial charge in [0, 0.05) is 44.5 Å². The molecule has 0 saturated heterocycles. The number of amides is 1. The van der Waals surface area contributed by atoms with Gasteiger partial charge in [-0.15, -0.1) is 0 Å². The quantitative estimate of drug-likeness (QED) is 0.869. The van der Waals surface area contributed by atoms with Crippen LogP contribution < -0.4 is 9.47 Å². The summed E-state index contributed by atoms with van der Waals surface area (Å²) in [5.74, 6) is 2.92. The average molecular weight is 313 g/mol. The summed E-state index contributed by atoms with van der Waals surface area (Å²) in [6, 6.07) is 5.34. The number of imidazole rings is 1. The van der Waals surface area contributed by atoms with E-state index in [2.05, 4.69) is 9.55 Å². The molecule has 4 rings (SSSR count). The lowest BCUT2D eigenvalue weighted by atomic mass is 9.97. The number of aryl methyl sites for hydroxylation is 1. The number of carbonyl (C=O) groups is 1. The van der Waals surface area contributed by atoms with Gasteiger partial charge in [0.25, 0.3) is 5.91 Å². The number of ether oxygens (including phenoxy) is 2. The highest BCUT2D eigenvalue weighted by molar-refractivity contribution is 5.94. The molecular formula is C17H19N3O3. The molecule has 1 aromatic heterocycles. The molecule has 120 valence electrons. The summed E-state index contributed by atoms with van der Waals surface area (Å²) in [6.07, 6.45) is 5.86. The first kappa shape index (κ1) is 14.1. The smallest absolute Gasteiger partial charge is 0.253 e. The number of hydrogen-bond acceptors (Lipinski definition) is 4. The van der Waals surface area contributed by atoms with Crippen molar-refractivity contribution in [1.82, 2.24) is 14.5 Å². The summed E-state index contributed by atoms with van der Waals surface area (Å²) >= 11 is 0. The molecule has 6 heteroatoms. The Labute approximate surface area is 134 Å². The third-order valence-electron chi connectivity index (χ3n) is 4.55. The van der Waals surface area contributed by atoms with Gasteiger partial charge in [-0.3, -0.25) is 4.79 Å². The van der Waals surface area contributed by atoms with E-state index >= 15 is 0 Å². The summed E-state index contributed by atoms with van der Waals surface area (Å²) in [7, 11) is 1.86. The first-order valence-corrected chi connectivity index (χ1v) is 7.86. The molecule has 0 saturated carbocycles. The highest BCUT2D eigenvalue weighted by Crippen LogP contribution is 2.32.